The van der Waals surface area contributed by atoms with E-state index in [1.807, 2.05) is 0 Å². The fourth-order valence-electron chi connectivity index (χ4n) is 0. The lowest BCUT2D eigenvalue weighted by atomic mass is 10.1. The molecular weight excluding hydrogens is 144 g/mol. The lowest BCUT2D eigenvalue weighted by molar-refractivity contribution is -0.109. The van der Waals surface area contributed by atoms with Crippen LogP contribution in [0.4, 0.5) is 4.79 Å². The van der Waals surface area contributed by atoms with Crippen molar-refractivity contribution in [2.45, 2.75) is 14.4 Å². The van der Waals surface area contributed by atoms with Crippen molar-refractivity contribution < 1.29 is 14.7 Å². The topological polar surface area (TPSA) is 80.4 Å². The van der Waals surface area contributed by atoms with E-state index in [-0.39, 0.29) is 13.1 Å². The van der Waals surface area contributed by atoms with E-state index in [4.69, 9.17) is 9.90 Å². The molecule has 4 nitrogen and oxygen atoms in total. The maximum atomic E-state index is 9.22. The molecule has 4 radical (unpaired) electrons. The molecule has 0 aromatic heterocycles. The molecule has 0 aliphatic heterocycles. The standard InChI is InChI=1S/C2H3BO.CHBO2.CH5N.CH4/c1-2(3)4;2-1(3)4;1-2;/h1H3;(H,3,4);2H2,1H3;1H4. The number of carboxylic acid groups (broad SMARTS) is 1. The van der Waals surface area contributed by atoms with Gasteiger partial charge in [-0.25, -0.2) is 0 Å². The Morgan fingerprint density at radius 3 is 1.27 bits per heavy atom. The predicted octanol–water partition coefficient (Wildman–Crippen LogP) is -0.255. The fraction of sp³-hybridized carbons (Fsp3) is 0.600. The van der Waals surface area contributed by atoms with Crippen LogP contribution in [-0.4, -0.2) is 39.4 Å². The van der Waals surface area contributed by atoms with Crippen molar-refractivity contribution in [3.8, 4) is 0 Å². The summed E-state index contributed by atoms with van der Waals surface area (Å²) in [5.74, 6) is -1.33. The van der Waals surface area contributed by atoms with Crippen molar-refractivity contribution in [3.05, 3.63) is 0 Å². The Hall–Kier alpha value is -0.770. The van der Waals surface area contributed by atoms with E-state index in [1.54, 1.807) is 0 Å². The van der Waals surface area contributed by atoms with Crippen LogP contribution in [0.2, 0.25) is 0 Å². The summed E-state index contributed by atoms with van der Waals surface area (Å²) >= 11 is 0. The Labute approximate surface area is 70.0 Å². The number of carbonyl (C=O) groups excluding carboxylic acids is 1. The summed E-state index contributed by atoms with van der Waals surface area (Å²) in [5, 5.41) is 7.19. The van der Waals surface area contributed by atoms with Gasteiger partial charge >= 0.3 is 0 Å². The minimum absolute atomic E-state index is 0. The molecule has 0 bridgehead atoms. The molecule has 0 fully saturated rings. The monoisotopic (exact) mass is 157 g/mol. The van der Waals surface area contributed by atoms with Crippen molar-refractivity contribution in [3.63, 3.8) is 0 Å². The summed E-state index contributed by atoms with van der Waals surface area (Å²) in [6.07, 6.45) is 0. The van der Waals surface area contributed by atoms with Gasteiger partial charge in [-0.2, -0.15) is 0 Å². The largest absolute Gasteiger partial charge is 0.490 e. The lowest BCUT2D eigenvalue weighted by Gasteiger charge is -1.59. The summed E-state index contributed by atoms with van der Waals surface area (Å²) in [7, 11) is 10.0. The Morgan fingerprint density at radius 2 is 1.27 bits per heavy atom. The average Bonchev–Trinajstić information content (AvgIpc) is 1.66. The first kappa shape index (κ1) is 22.5. The van der Waals surface area contributed by atoms with E-state index in [9.17, 15) is 4.79 Å². The molecule has 0 aliphatic rings. The van der Waals surface area contributed by atoms with Crippen LogP contribution in [0.1, 0.15) is 14.4 Å². The highest BCUT2D eigenvalue weighted by Gasteiger charge is 1.66. The Kier molecular flexibility index (Phi) is 46.7. The first-order valence-corrected chi connectivity index (χ1v) is 2.29. The van der Waals surface area contributed by atoms with Gasteiger partial charge in [0.25, 0.3) is 0 Å². The number of hydrogen-bond donors (Lipinski definition) is 2. The molecule has 62 valence electrons. The van der Waals surface area contributed by atoms with Crippen LogP contribution in [0.25, 0.3) is 0 Å². The molecular formula is C5H13B2NO3. The predicted molar refractivity (Wildman–Crippen MR) is 47.1 cm³/mol. The minimum Gasteiger partial charge on any atom is -0.490 e. The van der Waals surface area contributed by atoms with Gasteiger partial charge in [0, 0.05) is 0 Å². The van der Waals surface area contributed by atoms with Crippen molar-refractivity contribution in [2.24, 2.45) is 5.73 Å². The van der Waals surface area contributed by atoms with E-state index >= 15 is 0 Å². The minimum atomic E-state index is -1.33. The molecule has 0 saturated carbocycles. The fourth-order valence-corrected chi connectivity index (χ4v) is 0. The van der Waals surface area contributed by atoms with Gasteiger partial charge in [0.15, 0.2) is 7.85 Å². The first-order chi connectivity index (χ1) is 4.46. The number of rotatable bonds is 0. The van der Waals surface area contributed by atoms with Crippen LogP contribution >= 0.6 is 0 Å². The Balaban J connectivity index is -0.0000000339. The normalized spacial score (nSPS) is 5.00. The van der Waals surface area contributed by atoms with E-state index in [0.717, 1.165) is 0 Å². The van der Waals surface area contributed by atoms with Crippen molar-refractivity contribution in [2.75, 3.05) is 7.05 Å². The Morgan fingerprint density at radius 1 is 1.27 bits per heavy atom. The molecule has 0 aromatic carbocycles. The smallest absolute Gasteiger partial charge is 0.233 e. The molecule has 0 unspecified atom stereocenters. The van der Waals surface area contributed by atoms with Gasteiger partial charge in [-0.15, -0.1) is 0 Å². The second kappa shape index (κ2) is 22.9. The number of nitrogens with two attached hydrogens (primary N) is 1. The Bertz CT molecular complexity index is 77.7. The zero-order valence-corrected chi connectivity index (χ0v) is 6.00. The van der Waals surface area contributed by atoms with Gasteiger partial charge in [0.05, 0.1) is 5.68 Å². The summed E-state index contributed by atoms with van der Waals surface area (Å²) in [6, 6.07) is 0. The second-order valence-electron chi connectivity index (χ2n) is 0.949. The molecule has 0 rings (SSSR count). The number of carbonyl (C=O) groups is 2. The highest BCUT2D eigenvalue weighted by Crippen LogP contribution is 1.41. The van der Waals surface area contributed by atoms with Crippen LogP contribution in [0.5, 0.6) is 0 Å². The highest BCUT2D eigenvalue weighted by atomic mass is 16.4. The van der Waals surface area contributed by atoms with E-state index in [0.29, 0.717) is 0 Å². The third-order valence-corrected chi connectivity index (χ3v) is 0. The summed E-state index contributed by atoms with van der Waals surface area (Å²) in [5.41, 5.74) is 4.17. The molecule has 3 N–H and O–H groups in total. The summed E-state index contributed by atoms with van der Waals surface area (Å²) in [4.78, 5) is 18.0. The van der Waals surface area contributed by atoms with Gasteiger partial charge in [0.2, 0.25) is 13.7 Å². The molecule has 0 spiro atoms. The lowest BCUT2D eigenvalue weighted by Crippen LogP contribution is -1.83. The second-order valence-corrected chi connectivity index (χ2v) is 0.949. The van der Waals surface area contributed by atoms with E-state index in [2.05, 4.69) is 21.4 Å². The SMILES string of the molecule is C.CN.[B]C(=O)O.[B]C(C)=O. The van der Waals surface area contributed by atoms with Gasteiger partial charge in [-0.05, 0) is 14.0 Å². The summed E-state index contributed by atoms with van der Waals surface area (Å²) in [6.45, 7) is 1.31. The molecule has 0 amide bonds. The average molecular weight is 157 g/mol. The molecule has 6 heteroatoms. The molecule has 0 heterocycles. The zero-order valence-electron chi connectivity index (χ0n) is 6.00. The van der Waals surface area contributed by atoms with Crippen LogP contribution in [-0.2, 0) is 4.79 Å². The van der Waals surface area contributed by atoms with E-state index < -0.39 is 5.87 Å². The maximum Gasteiger partial charge on any atom is 0.233 e. The van der Waals surface area contributed by atoms with Gasteiger partial charge < -0.3 is 15.6 Å². The summed E-state index contributed by atoms with van der Waals surface area (Å²) < 4.78 is 0. The number of hydrogen-bond acceptors (Lipinski definition) is 3. The molecule has 0 atom stereocenters. The maximum absolute atomic E-state index is 9.22. The highest BCUT2D eigenvalue weighted by molar-refractivity contribution is 6.56. The molecule has 0 saturated heterocycles. The third kappa shape index (κ3) is 813. The first-order valence-electron chi connectivity index (χ1n) is 2.29. The van der Waals surface area contributed by atoms with Gasteiger partial charge in [0.1, 0.15) is 0 Å². The van der Waals surface area contributed by atoms with Crippen molar-refractivity contribution in [1.29, 1.82) is 0 Å². The van der Waals surface area contributed by atoms with Gasteiger partial charge in [-0.1, -0.05) is 7.43 Å². The molecule has 0 aliphatic carbocycles. The van der Waals surface area contributed by atoms with E-state index in [1.165, 1.54) is 14.0 Å². The molecule has 0 aromatic rings. The van der Waals surface area contributed by atoms with Crippen molar-refractivity contribution in [1.82, 2.24) is 0 Å². The van der Waals surface area contributed by atoms with Crippen LogP contribution in [0.15, 0.2) is 0 Å². The third-order valence-electron chi connectivity index (χ3n) is 0. The van der Waals surface area contributed by atoms with Crippen LogP contribution < -0.4 is 5.73 Å². The zero-order chi connectivity index (χ0) is 9.15. The van der Waals surface area contributed by atoms with Gasteiger partial charge in [-0.3, -0.25) is 4.79 Å². The van der Waals surface area contributed by atoms with Crippen LogP contribution in [0, 0.1) is 0 Å². The molecule has 11 heavy (non-hydrogen) atoms. The van der Waals surface area contributed by atoms with Crippen LogP contribution in [0.3, 0.4) is 0 Å². The quantitative estimate of drug-likeness (QED) is 0.474. The van der Waals surface area contributed by atoms with Crippen molar-refractivity contribution >= 4 is 27.2 Å².